The van der Waals surface area contributed by atoms with Gasteiger partial charge in [-0.2, -0.15) is 0 Å². The van der Waals surface area contributed by atoms with Crippen LogP contribution in [0.3, 0.4) is 0 Å². The zero-order chi connectivity index (χ0) is 11.4. The normalized spacial score (nSPS) is 10.4. The molecule has 1 aromatic carbocycles. The number of rotatable bonds is 3. The molecule has 0 fully saturated rings. The molecule has 2 aromatic rings. The number of halogens is 1. The zero-order valence-corrected chi connectivity index (χ0v) is 9.38. The highest BCUT2D eigenvalue weighted by molar-refractivity contribution is 7.99. The summed E-state index contributed by atoms with van der Waals surface area (Å²) < 4.78 is 13.2. The lowest BCUT2D eigenvalue weighted by molar-refractivity contribution is 0.621. The Kier molecular flexibility index (Phi) is 3.54. The molecule has 2 rings (SSSR count). The molecule has 4 heteroatoms. The Balaban J connectivity index is 2.24. The third-order valence-corrected chi connectivity index (χ3v) is 3.03. The third kappa shape index (κ3) is 2.81. The average Bonchev–Trinajstić information content (AvgIpc) is 2.29. The van der Waals surface area contributed by atoms with Crippen molar-refractivity contribution in [3.63, 3.8) is 0 Å². The largest absolute Gasteiger partial charge is 0.326 e. The molecule has 0 saturated carbocycles. The summed E-state index contributed by atoms with van der Waals surface area (Å²) in [6.45, 7) is 0.349. The lowest BCUT2D eigenvalue weighted by atomic mass is 10.2. The summed E-state index contributed by atoms with van der Waals surface area (Å²) in [7, 11) is 0. The Bertz CT molecular complexity index is 474. The Hall–Kier alpha value is -1.39. The molecule has 82 valence electrons. The minimum Gasteiger partial charge on any atom is -0.326 e. The van der Waals surface area contributed by atoms with Gasteiger partial charge in [0, 0.05) is 28.7 Å². The highest BCUT2D eigenvalue weighted by atomic mass is 32.2. The molecule has 0 radical (unpaired) electrons. The molecule has 0 aliphatic heterocycles. The monoisotopic (exact) mass is 234 g/mol. The Labute approximate surface area is 97.7 Å². The quantitative estimate of drug-likeness (QED) is 0.887. The summed E-state index contributed by atoms with van der Waals surface area (Å²) in [6, 6.07) is 8.63. The molecule has 1 heterocycles. The number of aromatic nitrogens is 1. The fourth-order valence-corrected chi connectivity index (χ4v) is 2.25. The van der Waals surface area contributed by atoms with E-state index < -0.39 is 0 Å². The predicted octanol–water partition coefficient (Wildman–Crippen LogP) is 2.83. The summed E-state index contributed by atoms with van der Waals surface area (Å²) in [5.41, 5.74) is 6.30. The van der Waals surface area contributed by atoms with Crippen LogP contribution < -0.4 is 5.73 Å². The Morgan fingerprint density at radius 3 is 2.56 bits per heavy atom. The van der Waals surface area contributed by atoms with Crippen LogP contribution >= 0.6 is 11.8 Å². The SMILES string of the molecule is NCc1cc(F)cc(Sc2ccncc2)c1. The second-order valence-electron chi connectivity index (χ2n) is 3.28. The van der Waals surface area contributed by atoms with Gasteiger partial charge >= 0.3 is 0 Å². The molecule has 0 aliphatic rings. The van der Waals surface area contributed by atoms with Crippen LogP contribution in [0.15, 0.2) is 52.5 Å². The minimum atomic E-state index is -0.250. The first-order valence-corrected chi connectivity index (χ1v) is 5.67. The van der Waals surface area contributed by atoms with Gasteiger partial charge in [-0.05, 0) is 35.9 Å². The highest BCUT2D eigenvalue weighted by Crippen LogP contribution is 2.28. The van der Waals surface area contributed by atoms with E-state index in [1.165, 1.54) is 23.9 Å². The Morgan fingerprint density at radius 2 is 1.88 bits per heavy atom. The van der Waals surface area contributed by atoms with Crippen LogP contribution in [-0.2, 0) is 6.54 Å². The van der Waals surface area contributed by atoms with E-state index in [4.69, 9.17) is 5.73 Å². The lowest BCUT2D eigenvalue weighted by Crippen LogP contribution is -1.96. The second-order valence-corrected chi connectivity index (χ2v) is 4.43. The molecule has 0 atom stereocenters. The van der Waals surface area contributed by atoms with E-state index in [9.17, 15) is 4.39 Å². The molecule has 0 amide bonds. The van der Waals surface area contributed by atoms with Crippen molar-refractivity contribution in [2.45, 2.75) is 16.3 Å². The first kappa shape index (κ1) is 11.1. The molecular weight excluding hydrogens is 223 g/mol. The van der Waals surface area contributed by atoms with Crippen LogP contribution in [0.4, 0.5) is 4.39 Å². The zero-order valence-electron chi connectivity index (χ0n) is 8.56. The van der Waals surface area contributed by atoms with Gasteiger partial charge in [0.2, 0.25) is 0 Å². The van der Waals surface area contributed by atoms with Gasteiger partial charge in [-0.3, -0.25) is 4.98 Å². The van der Waals surface area contributed by atoms with Crippen molar-refractivity contribution in [2.75, 3.05) is 0 Å². The van der Waals surface area contributed by atoms with Crippen molar-refractivity contribution in [3.05, 3.63) is 54.1 Å². The summed E-state index contributed by atoms with van der Waals surface area (Å²) in [5.74, 6) is -0.250. The maximum atomic E-state index is 13.2. The molecule has 0 spiro atoms. The Morgan fingerprint density at radius 1 is 1.12 bits per heavy atom. The second kappa shape index (κ2) is 5.09. The van der Waals surface area contributed by atoms with Gasteiger partial charge in [0.1, 0.15) is 5.82 Å². The molecular formula is C12H11FN2S. The van der Waals surface area contributed by atoms with Crippen LogP contribution in [0.5, 0.6) is 0 Å². The van der Waals surface area contributed by atoms with Crippen LogP contribution in [0, 0.1) is 5.82 Å². The summed E-state index contributed by atoms with van der Waals surface area (Å²) in [4.78, 5) is 5.82. The molecule has 2 N–H and O–H groups in total. The average molecular weight is 234 g/mol. The predicted molar refractivity (Wildman–Crippen MR) is 62.7 cm³/mol. The number of hydrogen-bond acceptors (Lipinski definition) is 3. The molecule has 16 heavy (non-hydrogen) atoms. The third-order valence-electron chi connectivity index (χ3n) is 2.05. The van der Waals surface area contributed by atoms with Gasteiger partial charge in [0.15, 0.2) is 0 Å². The topological polar surface area (TPSA) is 38.9 Å². The van der Waals surface area contributed by atoms with Gasteiger partial charge in [-0.25, -0.2) is 4.39 Å². The van der Waals surface area contributed by atoms with Crippen molar-refractivity contribution in [3.8, 4) is 0 Å². The van der Waals surface area contributed by atoms with E-state index in [2.05, 4.69) is 4.98 Å². The maximum absolute atomic E-state index is 13.2. The van der Waals surface area contributed by atoms with Crippen molar-refractivity contribution >= 4 is 11.8 Å². The van der Waals surface area contributed by atoms with Gasteiger partial charge in [-0.1, -0.05) is 11.8 Å². The van der Waals surface area contributed by atoms with E-state index in [0.29, 0.717) is 6.54 Å². The molecule has 0 unspecified atom stereocenters. The fraction of sp³-hybridized carbons (Fsp3) is 0.0833. The van der Waals surface area contributed by atoms with E-state index in [1.807, 2.05) is 18.2 Å². The van der Waals surface area contributed by atoms with E-state index >= 15 is 0 Å². The van der Waals surface area contributed by atoms with Crippen molar-refractivity contribution in [1.82, 2.24) is 4.98 Å². The van der Waals surface area contributed by atoms with E-state index in [-0.39, 0.29) is 5.82 Å². The maximum Gasteiger partial charge on any atom is 0.124 e. The van der Waals surface area contributed by atoms with Gasteiger partial charge in [-0.15, -0.1) is 0 Å². The van der Waals surface area contributed by atoms with Crippen LogP contribution in [-0.4, -0.2) is 4.98 Å². The van der Waals surface area contributed by atoms with Gasteiger partial charge < -0.3 is 5.73 Å². The first-order chi connectivity index (χ1) is 7.78. The molecule has 0 aliphatic carbocycles. The highest BCUT2D eigenvalue weighted by Gasteiger charge is 2.01. The van der Waals surface area contributed by atoms with Crippen LogP contribution in [0.25, 0.3) is 0 Å². The summed E-state index contributed by atoms with van der Waals surface area (Å²) in [5, 5.41) is 0. The minimum absolute atomic E-state index is 0.250. The van der Waals surface area contributed by atoms with Crippen LogP contribution in [0.1, 0.15) is 5.56 Å². The molecule has 2 nitrogen and oxygen atoms in total. The summed E-state index contributed by atoms with van der Waals surface area (Å²) >= 11 is 1.50. The molecule has 0 saturated heterocycles. The number of nitrogens with zero attached hydrogens (tertiary/aromatic N) is 1. The summed E-state index contributed by atoms with van der Waals surface area (Å²) in [6.07, 6.45) is 3.43. The number of pyridine rings is 1. The van der Waals surface area contributed by atoms with Gasteiger partial charge in [0.25, 0.3) is 0 Å². The van der Waals surface area contributed by atoms with E-state index in [1.54, 1.807) is 12.4 Å². The van der Waals surface area contributed by atoms with Gasteiger partial charge in [0.05, 0.1) is 0 Å². The van der Waals surface area contributed by atoms with Crippen LogP contribution in [0.2, 0.25) is 0 Å². The molecule has 0 bridgehead atoms. The number of benzene rings is 1. The fourth-order valence-electron chi connectivity index (χ4n) is 1.34. The van der Waals surface area contributed by atoms with Crippen molar-refractivity contribution < 1.29 is 4.39 Å². The number of nitrogens with two attached hydrogens (primary N) is 1. The smallest absolute Gasteiger partial charge is 0.124 e. The standard InChI is InChI=1S/C12H11FN2S/c13-10-5-9(8-14)6-12(7-10)16-11-1-3-15-4-2-11/h1-7H,8,14H2. The lowest BCUT2D eigenvalue weighted by Gasteiger charge is -2.04. The van der Waals surface area contributed by atoms with E-state index in [0.717, 1.165) is 15.4 Å². The number of hydrogen-bond donors (Lipinski definition) is 1. The first-order valence-electron chi connectivity index (χ1n) is 4.85. The van der Waals surface area contributed by atoms with Crippen molar-refractivity contribution in [1.29, 1.82) is 0 Å². The van der Waals surface area contributed by atoms with Crippen molar-refractivity contribution in [2.24, 2.45) is 5.73 Å². The molecule has 1 aromatic heterocycles.